The number of fused-ring (bicyclic) bond motifs is 1. The Morgan fingerprint density at radius 2 is 1.95 bits per heavy atom. The highest BCUT2D eigenvalue weighted by molar-refractivity contribution is 8.00. The van der Waals surface area contributed by atoms with E-state index in [1.807, 2.05) is 18.7 Å². The maximum Gasteiger partial charge on any atom is 0.0705 e. The third-order valence-corrected chi connectivity index (χ3v) is 4.75. The summed E-state index contributed by atoms with van der Waals surface area (Å²) in [4.78, 5) is 4.58. The molecule has 2 rings (SSSR count). The Kier molecular flexibility index (Phi) is 5.28. The highest BCUT2D eigenvalue weighted by Gasteiger charge is 2.17. The number of hydrogen-bond acceptors (Lipinski definition) is 3. The fourth-order valence-corrected chi connectivity index (χ4v) is 3.29. The first-order chi connectivity index (χ1) is 9.89. The van der Waals surface area contributed by atoms with Gasteiger partial charge in [0.25, 0.3) is 0 Å². The molecule has 0 saturated carbocycles. The number of benzene rings is 1. The van der Waals surface area contributed by atoms with Crippen molar-refractivity contribution in [3.05, 3.63) is 41.6 Å². The molecule has 1 unspecified atom stereocenters. The molecule has 0 fully saturated rings. The normalized spacial score (nSPS) is 13.6. The lowest BCUT2D eigenvalue weighted by Crippen LogP contribution is -2.25. The maximum atomic E-state index is 4.58. The molecule has 114 valence electrons. The third-order valence-electron chi connectivity index (χ3n) is 3.39. The second kappa shape index (κ2) is 6.80. The summed E-state index contributed by atoms with van der Waals surface area (Å²) in [7, 11) is 0. The zero-order valence-electron chi connectivity index (χ0n) is 13.7. The number of hydrogen-bond donors (Lipinski definition) is 1. The highest BCUT2D eigenvalue weighted by atomic mass is 32.2. The van der Waals surface area contributed by atoms with E-state index in [2.05, 4.69) is 68.3 Å². The predicted molar refractivity (Wildman–Crippen MR) is 95.1 cm³/mol. The Labute approximate surface area is 132 Å². The summed E-state index contributed by atoms with van der Waals surface area (Å²) in [5.74, 6) is 1.09. The van der Waals surface area contributed by atoms with Crippen LogP contribution in [0.25, 0.3) is 10.9 Å². The van der Waals surface area contributed by atoms with Gasteiger partial charge in [0.05, 0.1) is 5.52 Å². The fourth-order valence-electron chi connectivity index (χ4n) is 2.32. The molecule has 0 aliphatic heterocycles. The van der Waals surface area contributed by atoms with Crippen molar-refractivity contribution in [3.63, 3.8) is 0 Å². The minimum absolute atomic E-state index is 0.295. The van der Waals surface area contributed by atoms with Gasteiger partial charge in [-0.2, -0.15) is 11.8 Å². The minimum atomic E-state index is 0.295. The van der Waals surface area contributed by atoms with Gasteiger partial charge in [-0.05, 0) is 37.2 Å². The van der Waals surface area contributed by atoms with Crippen molar-refractivity contribution in [1.82, 2.24) is 10.3 Å². The summed E-state index contributed by atoms with van der Waals surface area (Å²) in [5.41, 5.74) is 3.51. The van der Waals surface area contributed by atoms with Crippen molar-refractivity contribution >= 4 is 22.7 Å². The van der Waals surface area contributed by atoms with E-state index in [-0.39, 0.29) is 0 Å². The van der Waals surface area contributed by atoms with E-state index in [4.69, 9.17) is 0 Å². The molecule has 2 nitrogen and oxygen atoms in total. The molecule has 1 atom stereocenters. The van der Waals surface area contributed by atoms with E-state index in [1.165, 1.54) is 10.9 Å². The van der Waals surface area contributed by atoms with Crippen LogP contribution in [0.3, 0.4) is 0 Å². The summed E-state index contributed by atoms with van der Waals surface area (Å²) < 4.78 is 0.295. The van der Waals surface area contributed by atoms with E-state index in [0.717, 1.165) is 23.5 Å². The predicted octanol–water partition coefficient (Wildman–Crippen LogP) is 4.73. The number of aromatic nitrogens is 1. The molecule has 1 aromatic carbocycles. The van der Waals surface area contributed by atoms with E-state index >= 15 is 0 Å². The molecule has 1 heterocycles. The first-order valence-corrected chi connectivity index (χ1v) is 8.62. The molecule has 0 amide bonds. The molecule has 3 heteroatoms. The van der Waals surface area contributed by atoms with Gasteiger partial charge >= 0.3 is 0 Å². The fraction of sp³-hybridized carbons (Fsp3) is 0.500. The van der Waals surface area contributed by atoms with Crippen molar-refractivity contribution in [2.24, 2.45) is 0 Å². The van der Waals surface area contributed by atoms with Crippen molar-refractivity contribution in [3.8, 4) is 0 Å². The molecule has 0 spiro atoms. The zero-order valence-corrected chi connectivity index (χ0v) is 14.6. The molecule has 0 aliphatic rings. The van der Waals surface area contributed by atoms with E-state index in [0.29, 0.717) is 10.8 Å². The summed E-state index contributed by atoms with van der Waals surface area (Å²) in [5, 5.41) is 4.83. The van der Waals surface area contributed by atoms with Crippen LogP contribution in [-0.2, 0) is 0 Å². The van der Waals surface area contributed by atoms with Gasteiger partial charge in [-0.3, -0.25) is 4.98 Å². The number of pyridine rings is 1. The second-order valence-corrected chi connectivity index (χ2v) is 8.29. The van der Waals surface area contributed by atoms with Crippen LogP contribution in [0.2, 0.25) is 0 Å². The lowest BCUT2D eigenvalue weighted by atomic mass is 10.0. The van der Waals surface area contributed by atoms with E-state index < -0.39 is 0 Å². The molecule has 1 N–H and O–H groups in total. The van der Waals surface area contributed by atoms with Gasteiger partial charge in [-0.25, -0.2) is 0 Å². The number of nitrogens with one attached hydrogen (secondary N) is 1. The van der Waals surface area contributed by atoms with Crippen LogP contribution in [0.15, 0.2) is 30.3 Å². The topological polar surface area (TPSA) is 24.9 Å². The molecular formula is C18H26N2S. The Morgan fingerprint density at radius 1 is 1.19 bits per heavy atom. The van der Waals surface area contributed by atoms with Crippen LogP contribution in [0.5, 0.6) is 0 Å². The summed E-state index contributed by atoms with van der Waals surface area (Å²) in [6.07, 6.45) is 0. The third kappa shape index (κ3) is 4.72. The van der Waals surface area contributed by atoms with Crippen molar-refractivity contribution in [2.75, 3.05) is 12.3 Å². The largest absolute Gasteiger partial charge is 0.310 e. The number of nitrogens with zero attached hydrogens (tertiary/aromatic N) is 1. The summed E-state index contributed by atoms with van der Waals surface area (Å²) in [6, 6.07) is 11.3. The average Bonchev–Trinajstić information content (AvgIpc) is 2.42. The van der Waals surface area contributed by atoms with Crippen molar-refractivity contribution < 1.29 is 0 Å². The van der Waals surface area contributed by atoms with Crippen LogP contribution in [-0.4, -0.2) is 22.0 Å². The van der Waals surface area contributed by atoms with Crippen LogP contribution >= 0.6 is 11.8 Å². The van der Waals surface area contributed by atoms with Crippen molar-refractivity contribution in [1.29, 1.82) is 0 Å². The maximum absolute atomic E-state index is 4.58. The van der Waals surface area contributed by atoms with Gasteiger partial charge in [-0.15, -0.1) is 0 Å². The second-order valence-electron chi connectivity index (χ2n) is 6.44. The van der Waals surface area contributed by atoms with Gasteiger partial charge in [0.2, 0.25) is 0 Å². The van der Waals surface area contributed by atoms with Crippen LogP contribution in [0, 0.1) is 6.92 Å². The minimum Gasteiger partial charge on any atom is -0.310 e. The number of thioether (sulfide) groups is 1. The summed E-state index contributed by atoms with van der Waals surface area (Å²) in [6.45, 7) is 12.0. The van der Waals surface area contributed by atoms with Crippen LogP contribution in [0.4, 0.5) is 0 Å². The van der Waals surface area contributed by atoms with Crippen LogP contribution in [0.1, 0.15) is 45.0 Å². The first kappa shape index (κ1) is 16.3. The smallest absolute Gasteiger partial charge is 0.0705 e. The molecular weight excluding hydrogens is 276 g/mol. The highest BCUT2D eigenvalue weighted by Crippen LogP contribution is 2.29. The zero-order chi connectivity index (χ0) is 15.5. The Morgan fingerprint density at radius 3 is 2.62 bits per heavy atom. The Balaban J connectivity index is 2.25. The van der Waals surface area contributed by atoms with Crippen molar-refractivity contribution in [2.45, 2.75) is 45.4 Å². The quantitative estimate of drug-likeness (QED) is 0.864. The summed E-state index contributed by atoms with van der Waals surface area (Å²) >= 11 is 2.01. The monoisotopic (exact) mass is 302 g/mol. The van der Waals surface area contributed by atoms with Gasteiger partial charge in [0, 0.05) is 27.6 Å². The number of rotatable bonds is 5. The number of aryl methyl sites for hydroxylation is 1. The molecule has 0 radical (unpaired) electrons. The van der Waals surface area contributed by atoms with Gasteiger partial charge < -0.3 is 5.32 Å². The lowest BCUT2D eigenvalue weighted by molar-refractivity contribution is 0.603. The standard InChI is InChI=1S/C18H26N2S/c1-6-19-17(12-21-18(3,4)5)15-9-10-16-14(11-15)8-7-13(2)20-16/h7-11,17,19H,6,12H2,1-5H3. The van der Waals surface area contributed by atoms with E-state index in [1.54, 1.807) is 0 Å². The van der Waals surface area contributed by atoms with E-state index in [9.17, 15) is 0 Å². The van der Waals surface area contributed by atoms with Gasteiger partial charge in [0.1, 0.15) is 0 Å². The molecule has 0 saturated heterocycles. The molecule has 0 bridgehead atoms. The first-order valence-electron chi connectivity index (χ1n) is 7.63. The lowest BCUT2D eigenvalue weighted by Gasteiger charge is -2.24. The van der Waals surface area contributed by atoms with Gasteiger partial charge in [0.15, 0.2) is 0 Å². The average molecular weight is 302 g/mol. The Bertz CT molecular complexity index is 602. The molecule has 2 aromatic rings. The van der Waals surface area contributed by atoms with Crippen LogP contribution < -0.4 is 5.32 Å². The molecule has 0 aliphatic carbocycles. The SMILES string of the molecule is CCNC(CSC(C)(C)C)c1ccc2nc(C)ccc2c1. The molecule has 1 aromatic heterocycles. The molecule has 21 heavy (non-hydrogen) atoms. The van der Waals surface area contributed by atoms with Gasteiger partial charge in [-0.1, -0.05) is 39.8 Å². The Hall–Kier alpha value is -1.06.